The van der Waals surface area contributed by atoms with Gasteiger partial charge in [0.2, 0.25) is 0 Å². The molecule has 0 amide bonds. The maximum Gasteiger partial charge on any atom is 0.146 e. The molecule has 0 radical (unpaired) electrons. The van der Waals surface area contributed by atoms with Gasteiger partial charge in [0.05, 0.1) is 18.0 Å². The molecule has 0 aromatic carbocycles. The summed E-state index contributed by atoms with van der Waals surface area (Å²) in [6, 6.07) is 0. The number of fused-ring (bicyclic) bond motifs is 3. The van der Waals surface area contributed by atoms with E-state index in [-0.39, 0.29) is 6.10 Å². The Balaban J connectivity index is 1.61. The number of anilines is 1. The van der Waals surface area contributed by atoms with Crippen LogP contribution in [0, 0.1) is 11.8 Å². The molecule has 0 spiro atoms. The molecule has 2 aromatic rings. The SMILES string of the molecule is CC1CCc2c(sc3nc(CN4CCC(C)C(O)C4)nc(N)c23)C1. The first-order valence-corrected chi connectivity index (χ1v) is 9.80. The second kappa shape index (κ2) is 6.24. The number of aliphatic hydroxyl groups is 1. The van der Waals surface area contributed by atoms with E-state index in [2.05, 4.69) is 23.7 Å². The monoisotopic (exact) mass is 346 g/mol. The zero-order valence-corrected chi connectivity index (χ0v) is 15.3. The van der Waals surface area contributed by atoms with Gasteiger partial charge in [-0.15, -0.1) is 11.3 Å². The Bertz CT molecular complexity index is 759. The van der Waals surface area contributed by atoms with Crippen LogP contribution in [-0.4, -0.2) is 39.2 Å². The molecule has 3 atom stereocenters. The molecule has 3 N–H and O–H groups in total. The van der Waals surface area contributed by atoms with Gasteiger partial charge in [-0.2, -0.15) is 0 Å². The number of rotatable bonds is 2. The first-order valence-electron chi connectivity index (χ1n) is 8.98. The first kappa shape index (κ1) is 16.2. The molecule has 130 valence electrons. The Kier molecular flexibility index (Phi) is 4.22. The number of aliphatic hydroxyl groups excluding tert-OH is 1. The van der Waals surface area contributed by atoms with E-state index in [1.165, 1.54) is 16.9 Å². The van der Waals surface area contributed by atoms with Crippen LogP contribution in [0.1, 0.15) is 43.0 Å². The van der Waals surface area contributed by atoms with E-state index in [9.17, 15) is 5.11 Å². The molecule has 0 bridgehead atoms. The minimum Gasteiger partial charge on any atom is -0.392 e. The third kappa shape index (κ3) is 2.91. The van der Waals surface area contributed by atoms with Crippen LogP contribution < -0.4 is 5.73 Å². The van der Waals surface area contributed by atoms with Crippen molar-refractivity contribution in [3.8, 4) is 0 Å². The molecule has 6 heteroatoms. The number of aryl methyl sites for hydroxylation is 1. The largest absolute Gasteiger partial charge is 0.392 e. The van der Waals surface area contributed by atoms with Crippen LogP contribution in [-0.2, 0) is 19.4 Å². The lowest BCUT2D eigenvalue weighted by molar-refractivity contribution is 0.0250. The quantitative estimate of drug-likeness (QED) is 0.874. The Morgan fingerprint density at radius 1 is 1.29 bits per heavy atom. The van der Waals surface area contributed by atoms with Crippen LogP contribution in [0.4, 0.5) is 5.82 Å². The minimum absolute atomic E-state index is 0.254. The molecular weight excluding hydrogens is 320 g/mol. The highest BCUT2D eigenvalue weighted by Gasteiger charge is 2.26. The number of hydrogen-bond acceptors (Lipinski definition) is 6. The zero-order chi connectivity index (χ0) is 16.8. The number of likely N-dealkylation sites (tertiary alicyclic amines) is 1. The summed E-state index contributed by atoms with van der Waals surface area (Å²) in [5, 5.41) is 11.2. The number of β-amino-alcohol motifs (C(OH)–C–C–N with tert-alkyl or cyclic N) is 1. The summed E-state index contributed by atoms with van der Waals surface area (Å²) < 4.78 is 0. The van der Waals surface area contributed by atoms with Gasteiger partial charge in [0.15, 0.2) is 0 Å². The molecule has 1 fully saturated rings. The number of aromatic nitrogens is 2. The van der Waals surface area contributed by atoms with Crippen molar-refractivity contribution in [1.82, 2.24) is 14.9 Å². The topological polar surface area (TPSA) is 75.3 Å². The lowest BCUT2D eigenvalue weighted by Gasteiger charge is -2.33. The van der Waals surface area contributed by atoms with E-state index >= 15 is 0 Å². The molecule has 5 nitrogen and oxygen atoms in total. The summed E-state index contributed by atoms with van der Waals surface area (Å²) >= 11 is 1.80. The van der Waals surface area contributed by atoms with Gasteiger partial charge in [-0.05, 0) is 49.6 Å². The summed E-state index contributed by atoms with van der Waals surface area (Å²) in [5.74, 6) is 2.54. The van der Waals surface area contributed by atoms with Crippen molar-refractivity contribution in [3.05, 3.63) is 16.3 Å². The van der Waals surface area contributed by atoms with E-state index in [0.29, 0.717) is 24.8 Å². The molecular formula is C18H26N4OS. The molecule has 1 saturated heterocycles. The number of nitrogens with two attached hydrogens (primary N) is 1. The summed E-state index contributed by atoms with van der Waals surface area (Å²) in [6.07, 6.45) is 4.23. The van der Waals surface area contributed by atoms with Gasteiger partial charge in [-0.3, -0.25) is 4.90 Å². The van der Waals surface area contributed by atoms with E-state index in [1.54, 1.807) is 11.3 Å². The van der Waals surface area contributed by atoms with Crippen molar-refractivity contribution in [3.63, 3.8) is 0 Å². The van der Waals surface area contributed by atoms with Crippen molar-refractivity contribution < 1.29 is 5.11 Å². The van der Waals surface area contributed by atoms with E-state index in [1.807, 2.05) is 0 Å². The average molecular weight is 347 g/mol. The second-order valence-electron chi connectivity index (χ2n) is 7.63. The maximum atomic E-state index is 10.1. The number of nitrogens with zero attached hydrogens (tertiary/aromatic N) is 3. The van der Waals surface area contributed by atoms with Crippen LogP contribution in [0.3, 0.4) is 0 Å². The van der Waals surface area contributed by atoms with Crippen LogP contribution >= 0.6 is 11.3 Å². The summed E-state index contributed by atoms with van der Waals surface area (Å²) in [5.41, 5.74) is 7.69. The van der Waals surface area contributed by atoms with Gasteiger partial charge < -0.3 is 10.8 Å². The van der Waals surface area contributed by atoms with Gasteiger partial charge in [0.25, 0.3) is 0 Å². The highest BCUT2D eigenvalue weighted by molar-refractivity contribution is 7.19. The number of piperidine rings is 1. The Hall–Kier alpha value is -1.24. The fourth-order valence-electron chi connectivity index (χ4n) is 3.95. The van der Waals surface area contributed by atoms with Crippen LogP contribution in [0.5, 0.6) is 0 Å². The van der Waals surface area contributed by atoms with Crippen molar-refractivity contribution in [2.45, 2.75) is 52.2 Å². The summed E-state index contributed by atoms with van der Waals surface area (Å²) in [4.78, 5) is 14.1. The smallest absolute Gasteiger partial charge is 0.146 e. The Labute approximate surface area is 146 Å². The van der Waals surface area contributed by atoms with Crippen molar-refractivity contribution in [1.29, 1.82) is 0 Å². The molecule has 3 unspecified atom stereocenters. The van der Waals surface area contributed by atoms with Gasteiger partial charge in [0.1, 0.15) is 16.5 Å². The molecule has 24 heavy (non-hydrogen) atoms. The fraction of sp³-hybridized carbons (Fsp3) is 0.667. The number of thiophene rings is 1. The van der Waals surface area contributed by atoms with E-state index < -0.39 is 0 Å². The van der Waals surface area contributed by atoms with Gasteiger partial charge in [-0.1, -0.05) is 13.8 Å². The predicted octanol–water partition coefficient (Wildman–Crippen LogP) is 2.60. The van der Waals surface area contributed by atoms with Crippen molar-refractivity contribution in [2.24, 2.45) is 11.8 Å². The third-order valence-electron chi connectivity index (χ3n) is 5.60. The van der Waals surface area contributed by atoms with Gasteiger partial charge in [-0.25, -0.2) is 9.97 Å². The van der Waals surface area contributed by atoms with Crippen molar-refractivity contribution in [2.75, 3.05) is 18.8 Å². The highest BCUT2D eigenvalue weighted by Crippen LogP contribution is 2.39. The zero-order valence-electron chi connectivity index (χ0n) is 14.5. The molecule has 3 heterocycles. The Morgan fingerprint density at radius 3 is 2.92 bits per heavy atom. The van der Waals surface area contributed by atoms with E-state index in [0.717, 1.165) is 47.8 Å². The maximum absolute atomic E-state index is 10.1. The lowest BCUT2D eigenvalue weighted by Crippen LogP contribution is -2.42. The molecule has 1 aliphatic heterocycles. The van der Waals surface area contributed by atoms with Crippen molar-refractivity contribution >= 4 is 27.4 Å². The van der Waals surface area contributed by atoms with Gasteiger partial charge >= 0.3 is 0 Å². The highest BCUT2D eigenvalue weighted by atomic mass is 32.1. The number of nitrogen functional groups attached to an aromatic ring is 1. The van der Waals surface area contributed by atoms with Gasteiger partial charge in [0, 0.05) is 11.4 Å². The third-order valence-corrected chi connectivity index (χ3v) is 6.75. The van der Waals surface area contributed by atoms with Crippen LogP contribution in [0.2, 0.25) is 0 Å². The molecule has 2 aromatic heterocycles. The molecule has 1 aliphatic carbocycles. The summed E-state index contributed by atoms with van der Waals surface area (Å²) in [7, 11) is 0. The first-order chi connectivity index (χ1) is 11.5. The predicted molar refractivity (Wildman–Crippen MR) is 98.1 cm³/mol. The minimum atomic E-state index is -0.254. The standard InChI is InChI=1S/C18H26N4OS/c1-10-3-4-12-14(7-10)24-18-16(12)17(19)20-15(21-18)9-22-6-5-11(2)13(23)8-22/h10-11,13,23H,3-9H2,1-2H3,(H2,19,20,21). The average Bonchev–Trinajstić information content (AvgIpc) is 2.88. The lowest BCUT2D eigenvalue weighted by atomic mass is 9.89. The second-order valence-corrected chi connectivity index (χ2v) is 8.71. The Morgan fingerprint density at radius 2 is 2.12 bits per heavy atom. The molecule has 4 rings (SSSR count). The normalized spacial score (nSPS) is 28.2. The van der Waals surface area contributed by atoms with E-state index in [4.69, 9.17) is 10.7 Å². The van der Waals surface area contributed by atoms with Crippen LogP contribution in [0.15, 0.2) is 0 Å². The summed E-state index contributed by atoms with van der Waals surface area (Å²) in [6.45, 7) is 6.78. The molecule has 2 aliphatic rings. The number of hydrogen-bond donors (Lipinski definition) is 2. The fourth-order valence-corrected chi connectivity index (χ4v) is 5.35. The van der Waals surface area contributed by atoms with Crippen LogP contribution in [0.25, 0.3) is 10.2 Å². The molecule has 0 saturated carbocycles.